The van der Waals surface area contributed by atoms with Gasteiger partial charge >= 0.3 is 0 Å². The van der Waals surface area contributed by atoms with Crippen LogP contribution in [0.3, 0.4) is 0 Å². The van der Waals surface area contributed by atoms with Crippen LogP contribution >= 0.6 is 0 Å². The fraction of sp³-hybridized carbons (Fsp3) is 0.345. The molecule has 0 unspecified atom stereocenters. The normalized spacial score (nSPS) is 18.4. The number of fused-ring (bicyclic) bond motifs is 1. The van der Waals surface area contributed by atoms with E-state index >= 15 is 0 Å². The third-order valence-corrected chi connectivity index (χ3v) is 10.4. The lowest BCUT2D eigenvalue weighted by atomic mass is 9.99. The number of carbonyl (C=O) groups is 1. The molecule has 4 rings (SSSR count). The summed E-state index contributed by atoms with van der Waals surface area (Å²) in [5.41, 5.74) is 0.0941. The van der Waals surface area contributed by atoms with Crippen LogP contribution in [0, 0.1) is 5.92 Å². The van der Waals surface area contributed by atoms with Crippen molar-refractivity contribution in [3.63, 3.8) is 0 Å². The van der Waals surface area contributed by atoms with Gasteiger partial charge in [-0.15, -0.1) is 0 Å². The monoisotopic (exact) mass is 617 g/mol. The number of methoxy groups -OCH3 is 1. The number of aliphatic hydroxyl groups excluding tert-OH is 1. The number of para-hydroxylation sites is 1. The number of ether oxygens (including phenoxy) is 2. The van der Waals surface area contributed by atoms with E-state index in [2.05, 4.69) is 4.72 Å². The van der Waals surface area contributed by atoms with Gasteiger partial charge in [0.15, 0.2) is 5.75 Å². The van der Waals surface area contributed by atoms with Gasteiger partial charge in [0.25, 0.3) is 15.9 Å². The Morgan fingerprint density at radius 1 is 1.02 bits per heavy atom. The molecule has 3 aromatic rings. The Labute approximate surface area is 246 Å². The summed E-state index contributed by atoms with van der Waals surface area (Å²) in [4.78, 5) is 15.3. The van der Waals surface area contributed by atoms with Crippen molar-refractivity contribution in [3.05, 3.63) is 78.4 Å². The van der Waals surface area contributed by atoms with Crippen LogP contribution in [0.5, 0.6) is 11.5 Å². The highest BCUT2D eigenvalue weighted by Crippen LogP contribution is 2.36. The molecule has 1 amide bonds. The molecular formula is C29H35N3O8S2. The van der Waals surface area contributed by atoms with Gasteiger partial charge in [-0.2, -0.15) is 4.31 Å². The van der Waals surface area contributed by atoms with Crippen LogP contribution in [0.4, 0.5) is 5.69 Å². The molecular weight excluding hydrogens is 582 g/mol. The lowest BCUT2D eigenvalue weighted by Crippen LogP contribution is -2.50. The fourth-order valence-electron chi connectivity index (χ4n) is 4.62. The SMILES string of the molecule is COc1ccc(S(=O)(=O)Nc2cccc3c2O[C@@H](CN(C)S(=O)(=O)c2ccccc2)[C@H](C)CN([C@H](C)CO)C3=O)cc1. The molecule has 13 heteroatoms. The first-order valence-electron chi connectivity index (χ1n) is 13.3. The van der Waals surface area contributed by atoms with E-state index in [4.69, 9.17) is 9.47 Å². The summed E-state index contributed by atoms with van der Waals surface area (Å²) in [5, 5.41) is 9.90. The second-order valence-corrected chi connectivity index (χ2v) is 13.9. The maximum atomic E-state index is 13.7. The molecule has 3 aromatic carbocycles. The molecule has 0 saturated carbocycles. The van der Waals surface area contributed by atoms with Crippen molar-refractivity contribution < 1.29 is 36.2 Å². The number of likely N-dealkylation sites (N-methyl/N-ethyl adjacent to an activating group) is 1. The van der Waals surface area contributed by atoms with Gasteiger partial charge in [-0.3, -0.25) is 9.52 Å². The van der Waals surface area contributed by atoms with Crippen LogP contribution < -0.4 is 14.2 Å². The van der Waals surface area contributed by atoms with Gasteiger partial charge in [-0.25, -0.2) is 16.8 Å². The lowest BCUT2D eigenvalue weighted by molar-refractivity contribution is 0.0389. The number of nitrogens with one attached hydrogen (secondary N) is 1. The zero-order valence-corrected chi connectivity index (χ0v) is 25.4. The van der Waals surface area contributed by atoms with E-state index < -0.39 is 44.0 Å². The first-order chi connectivity index (χ1) is 19.9. The number of aliphatic hydroxyl groups is 1. The average Bonchev–Trinajstić information content (AvgIpc) is 2.99. The molecule has 0 aliphatic carbocycles. The summed E-state index contributed by atoms with van der Waals surface area (Å²) in [6.07, 6.45) is -0.791. The average molecular weight is 618 g/mol. The molecule has 0 saturated heterocycles. The van der Waals surface area contributed by atoms with Crippen LogP contribution in [0.1, 0.15) is 24.2 Å². The van der Waals surface area contributed by atoms with Gasteiger partial charge < -0.3 is 19.5 Å². The highest BCUT2D eigenvalue weighted by Gasteiger charge is 2.36. The number of rotatable bonds is 10. The molecule has 42 heavy (non-hydrogen) atoms. The maximum absolute atomic E-state index is 13.7. The number of amides is 1. The van der Waals surface area contributed by atoms with Crippen molar-refractivity contribution >= 4 is 31.6 Å². The number of benzene rings is 3. The fourth-order valence-corrected chi connectivity index (χ4v) is 6.89. The van der Waals surface area contributed by atoms with Gasteiger partial charge in [-0.1, -0.05) is 31.2 Å². The van der Waals surface area contributed by atoms with E-state index in [1.165, 1.54) is 78.0 Å². The zero-order valence-electron chi connectivity index (χ0n) is 23.8. The van der Waals surface area contributed by atoms with Gasteiger partial charge in [0.2, 0.25) is 10.0 Å². The summed E-state index contributed by atoms with van der Waals surface area (Å²) in [6.45, 7) is 3.29. The number of nitrogens with zero attached hydrogens (tertiary/aromatic N) is 2. The Bertz CT molecular complexity index is 1610. The van der Waals surface area contributed by atoms with E-state index in [0.717, 1.165) is 0 Å². The van der Waals surface area contributed by atoms with Gasteiger partial charge in [0.05, 0.1) is 47.3 Å². The summed E-state index contributed by atoms with van der Waals surface area (Å²) >= 11 is 0. The lowest BCUT2D eigenvalue weighted by Gasteiger charge is -2.38. The zero-order chi connectivity index (χ0) is 30.7. The minimum Gasteiger partial charge on any atom is -0.497 e. The predicted octanol–water partition coefficient (Wildman–Crippen LogP) is 3.04. The van der Waals surface area contributed by atoms with Gasteiger partial charge in [-0.05, 0) is 55.5 Å². The van der Waals surface area contributed by atoms with E-state index in [9.17, 15) is 26.7 Å². The van der Waals surface area contributed by atoms with Crippen molar-refractivity contribution in [2.45, 2.75) is 35.8 Å². The number of hydrogen-bond acceptors (Lipinski definition) is 8. The van der Waals surface area contributed by atoms with E-state index in [0.29, 0.717) is 5.75 Å². The maximum Gasteiger partial charge on any atom is 0.262 e. The number of anilines is 1. The molecule has 2 N–H and O–H groups in total. The third-order valence-electron chi connectivity index (χ3n) is 7.19. The van der Waals surface area contributed by atoms with Crippen LogP contribution in [0.25, 0.3) is 0 Å². The second kappa shape index (κ2) is 12.7. The molecule has 1 aliphatic heterocycles. The van der Waals surface area contributed by atoms with Crippen molar-refractivity contribution in [1.82, 2.24) is 9.21 Å². The van der Waals surface area contributed by atoms with Crippen molar-refractivity contribution in [2.75, 3.05) is 38.6 Å². The van der Waals surface area contributed by atoms with E-state index in [-0.39, 0.29) is 46.5 Å². The Balaban J connectivity index is 1.75. The predicted molar refractivity (Wildman–Crippen MR) is 158 cm³/mol. The van der Waals surface area contributed by atoms with Crippen LogP contribution in [0.2, 0.25) is 0 Å². The summed E-state index contributed by atoms with van der Waals surface area (Å²) in [5.74, 6) is -0.405. The topological polar surface area (TPSA) is 143 Å². The highest BCUT2D eigenvalue weighted by atomic mass is 32.2. The highest BCUT2D eigenvalue weighted by molar-refractivity contribution is 7.92. The minimum absolute atomic E-state index is 0.0148. The largest absolute Gasteiger partial charge is 0.497 e. The molecule has 0 bridgehead atoms. The molecule has 11 nitrogen and oxygen atoms in total. The molecule has 3 atom stereocenters. The number of hydrogen-bond donors (Lipinski definition) is 2. The molecule has 226 valence electrons. The number of carbonyl (C=O) groups excluding carboxylic acids is 1. The van der Waals surface area contributed by atoms with Crippen LogP contribution in [0.15, 0.2) is 82.6 Å². The smallest absolute Gasteiger partial charge is 0.262 e. The molecule has 1 aliphatic rings. The minimum atomic E-state index is -4.11. The van der Waals surface area contributed by atoms with Crippen molar-refractivity contribution in [1.29, 1.82) is 0 Å². The Morgan fingerprint density at radius 2 is 1.69 bits per heavy atom. The Hall–Kier alpha value is -3.65. The first-order valence-corrected chi connectivity index (χ1v) is 16.2. The molecule has 1 heterocycles. The van der Waals surface area contributed by atoms with Crippen LogP contribution in [-0.2, 0) is 20.0 Å². The second-order valence-electron chi connectivity index (χ2n) is 10.2. The van der Waals surface area contributed by atoms with E-state index in [1.807, 2.05) is 6.92 Å². The summed E-state index contributed by atoms with van der Waals surface area (Å²) in [7, 11) is -5.08. The van der Waals surface area contributed by atoms with Crippen molar-refractivity contribution in [2.24, 2.45) is 5.92 Å². The van der Waals surface area contributed by atoms with Crippen molar-refractivity contribution in [3.8, 4) is 11.5 Å². The van der Waals surface area contributed by atoms with Gasteiger partial charge in [0, 0.05) is 19.5 Å². The molecule has 0 aromatic heterocycles. The van der Waals surface area contributed by atoms with Crippen LogP contribution in [-0.4, -0.2) is 83.1 Å². The standard InChI is InChI=1S/C29H35N3O8S2/c1-20-17-32(21(2)19-33)29(34)25-11-8-12-26(30-41(35,36)23-15-13-22(39-4)14-16-23)28(25)40-27(20)18-31(3)42(37,38)24-9-6-5-7-10-24/h5-16,20-21,27,30,33H,17-19H2,1-4H3/t20-,21-,27+/m1/s1. The molecule has 0 radical (unpaired) electrons. The van der Waals surface area contributed by atoms with E-state index in [1.54, 1.807) is 25.1 Å². The quantitative estimate of drug-likeness (QED) is 0.354. The van der Waals surface area contributed by atoms with Gasteiger partial charge in [0.1, 0.15) is 11.9 Å². The number of sulfonamides is 2. The Morgan fingerprint density at radius 3 is 2.31 bits per heavy atom. The molecule has 0 spiro atoms. The summed E-state index contributed by atoms with van der Waals surface area (Å²) in [6, 6.07) is 17.7. The summed E-state index contributed by atoms with van der Waals surface area (Å²) < 4.78 is 68.5. The Kier molecular flexibility index (Phi) is 9.46. The molecule has 0 fully saturated rings. The first kappa shape index (κ1) is 31.3. The third kappa shape index (κ3) is 6.54.